The van der Waals surface area contributed by atoms with Crippen LogP contribution >= 0.6 is 34.5 Å². The highest BCUT2D eigenvalue weighted by Crippen LogP contribution is 2.20. The average Bonchev–Trinajstić information content (AvgIpc) is 3.28. The van der Waals surface area contributed by atoms with Crippen LogP contribution in [0.5, 0.6) is 0 Å². The van der Waals surface area contributed by atoms with E-state index in [9.17, 15) is 9.59 Å². The molecule has 0 aliphatic carbocycles. The number of amides is 1. The van der Waals surface area contributed by atoms with Crippen LogP contribution in [0.1, 0.15) is 33.0 Å². The molecule has 1 fully saturated rings. The molecule has 3 rings (SSSR count). The summed E-state index contributed by atoms with van der Waals surface area (Å²) in [6.07, 6.45) is 2.48. The third-order valence-corrected chi connectivity index (χ3v) is 5.57. The van der Waals surface area contributed by atoms with E-state index in [1.54, 1.807) is 19.2 Å². The predicted molar refractivity (Wildman–Crippen MR) is 112 cm³/mol. The summed E-state index contributed by atoms with van der Waals surface area (Å²) in [4.78, 5) is 25.9. The van der Waals surface area contributed by atoms with Gasteiger partial charge in [-0.25, -0.2) is 4.79 Å². The van der Waals surface area contributed by atoms with Crippen molar-refractivity contribution in [3.63, 3.8) is 0 Å². The molecule has 1 aliphatic heterocycles. The van der Waals surface area contributed by atoms with Crippen LogP contribution in [0.4, 0.5) is 0 Å². The lowest BCUT2D eigenvalue weighted by atomic mass is 10.1. The molecule has 0 radical (unpaired) electrons. The van der Waals surface area contributed by atoms with E-state index < -0.39 is 0 Å². The maximum absolute atomic E-state index is 11.4. The van der Waals surface area contributed by atoms with Crippen LogP contribution < -0.4 is 0 Å². The van der Waals surface area contributed by atoms with Gasteiger partial charge in [-0.05, 0) is 48.7 Å². The molecular weight excluding hydrogens is 421 g/mol. The minimum atomic E-state index is -0.289. The van der Waals surface area contributed by atoms with Gasteiger partial charge in [-0.3, -0.25) is 4.79 Å². The summed E-state index contributed by atoms with van der Waals surface area (Å²) < 4.78 is 9.47. The van der Waals surface area contributed by atoms with Crippen molar-refractivity contribution >= 4 is 46.4 Å². The van der Waals surface area contributed by atoms with Crippen LogP contribution in [0.15, 0.2) is 30.3 Å². The van der Waals surface area contributed by atoms with E-state index in [-0.39, 0.29) is 11.9 Å². The molecule has 28 heavy (non-hydrogen) atoms. The van der Waals surface area contributed by atoms with Crippen LogP contribution in [0.25, 0.3) is 0 Å². The smallest absolute Gasteiger partial charge is 0.348 e. The summed E-state index contributed by atoms with van der Waals surface area (Å²) in [6.45, 7) is 2.18. The van der Waals surface area contributed by atoms with Gasteiger partial charge in [-0.1, -0.05) is 23.2 Å². The van der Waals surface area contributed by atoms with Gasteiger partial charge in [0.05, 0.1) is 13.7 Å². The summed E-state index contributed by atoms with van der Waals surface area (Å²) in [5.41, 5.74) is 1.08. The number of ether oxygens (including phenoxy) is 2. The fourth-order valence-corrected chi connectivity index (χ4v) is 4.24. The Bertz CT molecular complexity index is 789. The van der Waals surface area contributed by atoms with E-state index in [0.717, 1.165) is 36.4 Å². The first-order valence-electron chi connectivity index (χ1n) is 8.81. The number of nitrogens with zero attached hydrogens (tertiary/aromatic N) is 1. The molecule has 0 unspecified atom stereocenters. The first kappa shape index (κ1) is 22.7. The van der Waals surface area contributed by atoms with E-state index in [1.807, 2.05) is 23.1 Å². The van der Waals surface area contributed by atoms with Crippen molar-refractivity contribution in [1.82, 2.24) is 4.90 Å². The molecule has 0 N–H and O–H groups in total. The van der Waals surface area contributed by atoms with Crippen molar-refractivity contribution in [3.8, 4) is 0 Å². The molecule has 5 nitrogen and oxygen atoms in total. The Balaban J connectivity index is 0.000000209. The summed E-state index contributed by atoms with van der Waals surface area (Å²) in [5, 5.41) is 1.30. The highest BCUT2D eigenvalue weighted by atomic mass is 35.5. The maximum Gasteiger partial charge on any atom is 0.348 e. The summed E-state index contributed by atoms with van der Waals surface area (Å²) in [7, 11) is 3.00. The molecule has 0 saturated carbocycles. The zero-order chi connectivity index (χ0) is 20.5. The van der Waals surface area contributed by atoms with E-state index in [4.69, 9.17) is 27.9 Å². The summed E-state index contributed by atoms with van der Waals surface area (Å²) >= 11 is 13.2. The number of methoxy groups -OCH3 is 2. The zero-order valence-corrected chi connectivity index (χ0v) is 18.2. The fourth-order valence-electron chi connectivity index (χ4n) is 2.77. The second-order valence-corrected chi connectivity index (χ2v) is 8.24. The van der Waals surface area contributed by atoms with Crippen molar-refractivity contribution in [2.45, 2.75) is 25.9 Å². The lowest BCUT2D eigenvalue weighted by Crippen LogP contribution is -2.26. The van der Waals surface area contributed by atoms with Crippen molar-refractivity contribution < 1.29 is 19.1 Å². The Morgan fingerprint density at radius 3 is 2.46 bits per heavy atom. The maximum atomic E-state index is 11.4. The van der Waals surface area contributed by atoms with Gasteiger partial charge in [-0.2, -0.15) is 0 Å². The fraction of sp³-hybridized carbons (Fsp3) is 0.400. The predicted octanol–water partition coefficient (Wildman–Crippen LogP) is 4.84. The molecule has 0 spiro atoms. The highest BCUT2D eigenvalue weighted by Gasteiger charge is 2.19. The Hall–Kier alpha value is -1.60. The number of likely N-dealkylation sites (tertiary alicyclic amines) is 1. The number of halogens is 2. The number of hydrogen-bond acceptors (Lipinski definition) is 5. The number of carbonyl (C=O) groups is 2. The Morgan fingerprint density at radius 1 is 1.18 bits per heavy atom. The molecule has 1 aliphatic rings. The number of benzene rings is 1. The molecule has 1 aromatic heterocycles. The lowest BCUT2D eigenvalue weighted by Gasteiger charge is -2.15. The standard InChI is InChI=1S/C12H13Cl2NO.C8H10O3S/c13-10-6-9(7-11(14)8-10)3-5-15-4-1-2-12(15)16;1-10-5-6-3-4-7(12-6)8(9)11-2/h6-8H,1-5H2;3-4H,5H2,1-2H3. The van der Waals surface area contributed by atoms with Gasteiger partial charge in [0.1, 0.15) is 4.88 Å². The van der Waals surface area contributed by atoms with E-state index in [1.165, 1.54) is 18.4 Å². The van der Waals surface area contributed by atoms with Gasteiger partial charge < -0.3 is 14.4 Å². The first-order valence-corrected chi connectivity index (χ1v) is 10.4. The Morgan fingerprint density at radius 2 is 1.89 bits per heavy atom. The van der Waals surface area contributed by atoms with Gasteiger partial charge in [0.15, 0.2) is 0 Å². The van der Waals surface area contributed by atoms with Gasteiger partial charge in [-0.15, -0.1) is 11.3 Å². The Labute approximate surface area is 179 Å². The highest BCUT2D eigenvalue weighted by molar-refractivity contribution is 7.13. The second kappa shape index (κ2) is 11.4. The lowest BCUT2D eigenvalue weighted by molar-refractivity contribution is -0.127. The normalized spacial score (nSPS) is 13.3. The number of carbonyl (C=O) groups excluding carboxylic acids is 2. The summed E-state index contributed by atoms with van der Waals surface area (Å²) in [6, 6.07) is 9.11. The van der Waals surface area contributed by atoms with Gasteiger partial charge in [0.2, 0.25) is 5.91 Å². The molecule has 2 heterocycles. The topological polar surface area (TPSA) is 55.8 Å². The van der Waals surface area contributed by atoms with E-state index in [2.05, 4.69) is 4.74 Å². The molecule has 0 bridgehead atoms. The molecule has 8 heteroatoms. The average molecular weight is 444 g/mol. The third kappa shape index (κ3) is 7.09. The van der Waals surface area contributed by atoms with Crippen molar-refractivity contribution in [2.24, 2.45) is 0 Å². The number of thiophene rings is 1. The number of rotatable bonds is 6. The number of hydrogen-bond donors (Lipinski definition) is 0. The van der Waals surface area contributed by atoms with Gasteiger partial charge in [0, 0.05) is 41.5 Å². The number of esters is 1. The van der Waals surface area contributed by atoms with E-state index in [0.29, 0.717) is 28.0 Å². The molecule has 1 saturated heterocycles. The van der Waals surface area contributed by atoms with Crippen molar-refractivity contribution in [1.29, 1.82) is 0 Å². The van der Waals surface area contributed by atoms with Crippen LogP contribution in [0, 0.1) is 0 Å². The van der Waals surface area contributed by atoms with Gasteiger partial charge >= 0.3 is 5.97 Å². The first-order chi connectivity index (χ1) is 13.4. The molecule has 2 aromatic rings. The minimum absolute atomic E-state index is 0.258. The molecule has 0 atom stereocenters. The monoisotopic (exact) mass is 443 g/mol. The Kier molecular flexibility index (Phi) is 9.25. The van der Waals surface area contributed by atoms with E-state index >= 15 is 0 Å². The molecule has 152 valence electrons. The second-order valence-electron chi connectivity index (χ2n) is 6.20. The van der Waals surface area contributed by atoms with Crippen LogP contribution in [-0.2, 0) is 27.3 Å². The largest absolute Gasteiger partial charge is 0.465 e. The van der Waals surface area contributed by atoms with Crippen molar-refractivity contribution in [2.75, 3.05) is 27.3 Å². The SMILES string of the molecule is COCc1ccc(C(=O)OC)s1.O=C1CCCN1CCc1cc(Cl)cc(Cl)c1. The third-order valence-electron chi connectivity index (χ3n) is 4.10. The van der Waals surface area contributed by atoms with Crippen molar-refractivity contribution in [3.05, 3.63) is 55.7 Å². The van der Waals surface area contributed by atoms with Gasteiger partial charge in [0.25, 0.3) is 0 Å². The molecule has 1 amide bonds. The molecular formula is C20H23Cl2NO4S. The molecule has 1 aromatic carbocycles. The quantitative estimate of drug-likeness (QED) is 0.599. The zero-order valence-electron chi connectivity index (χ0n) is 15.9. The van der Waals surface area contributed by atoms with Crippen LogP contribution in [0.2, 0.25) is 10.0 Å². The summed E-state index contributed by atoms with van der Waals surface area (Å²) in [5.74, 6) is -0.0320. The van der Waals surface area contributed by atoms with Crippen LogP contribution in [0.3, 0.4) is 0 Å². The van der Waals surface area contributed by atoms with Crippen LogP contribution in [-0.4, -0.2) is 44.1 Å². The minimum Gasteiger partial charge on any atom is -0.465 e.